The maximum absolute atomic E-state index is 5.43. The zero-order valence-electron chi connectivity index (χ0n) is 15.1. The van der Waals surface area contributed by atoms with E-state index in [1.807, 2.05) is 18.2 Å². The minimum absolute atomic E-state index is 0.635. The Kier molecular flexibility index (Phi) is 11.5. The van der Waals surface area contributed by atoms with Gasteiger partial charge < -0.3 is 24.8 Å². The molecule has 0 aliphatic carbocycles. The van der Waals surface area contributed by atoms with E-state index in [0.717, 1.165) is 44.2 Å². The van der Waals surface area contributed by atoms with Crippen LogP contribution in [0, 0.1) is 0 Å². The van der Waals surface area contributed by atoms with Crippen LogP contribution >= 0.6 is 0 Å². The Morgan fingerprint density at radius 2 is 1.92 bits per heavy atom. The zero-order chi connectivity index (χ0) is 17.5. The molecule has 0 bridgehead atoms. The maximum Gasteiger partial charge on any atom is 0.191 e. The van der Waals surface area contributed by atoms with Gasteiger partial charge in [-0.25, -0.2) is 0 Å². The number of guanidine groups is 1. The normalized spacial score (nSPS) is 11.4. The molecule has 0 heterocycles. The summed E-state index contributed by atoms with van der Waals surface area (Å²) in [5, 5.41) is 6.61. The van der Waals surface area contributed by atoms with Crippen molar-refractivity contribution in [3.63, 3.8) is 0 Å². The highest BCUT2D eigenvalue weighted by atomic mass is 16.5. The fourth-order valence-corrected chi connectivity index (χ4v) is 2.17. The molecule has 6 nitrogen and oxygen atoms in total. The first-order valence-electron chi connectivity index (χ1n) is 8.52. The molecule has 0 aliphatic heterocycles. The van der Waals surface area contributed by atoms with Gasteiger partial charge in [0.2, 0.25) is 0 Å². The van der Waals surface area contributed by atoms with Crippen molar-refractivity contribution in [3.05, 3.63) is 29.8 Å². The van der Waals surface area contributed by atoms with E-state index in [2.05, 4.69) is 28.6 Å². The number of nitrogens with one attached hydrogen (secondary N) is 2. The highest BCUT2D eigenvalue weighted by Gasteiger charge is 2.02. The molecule has 0 unspecified atom stereocenters. The Morgan fingerprint density at radius 1 is 1.08 bits per heavy atom. The summed E-state index contributed by atoms with van der Waals surface area (Å²) in [4.78, 5) is 4.56. The highest BCUT2D eigenvalue weighted by molar-refractivity contribution is 5.79. The molecule has 0 aliphatic rings. The van der Waals surface area contributed by atoms with Crippen LogP contribution < -0.4 is 15.4 Å². The number of aliphatic imine (C=N–C) groups is 1. The molecule has 0 atom stereocenters. The highest BCUT2D eigenvalue weighted by Crippen LogP contribution is 2.17. The molecule has 136 valence electrons. The lowest BCUT2D eigenvalue weighted by Gasteiger charge is -2.12. The van der Waals surface area contributed by atoms with Crippen LogP contribution in [0.2, 0.25) is 0 Å². The first kappa shape index (κ1) is 20.3. The molecule has 0 saturated heterocycles. The van der Waals surface area contributed by atoms with Crippen LogP contribution in [0.15, 0.2) is 29.3 Å². The molecule has 0 saturated carbocycles. The van der Waals surface area contributed by atoms with Crippen molar-refractivity contribution in [2.24, 2.45) is 4.99 Å². The van der Waals surface area contributed by atoms with Crippen LogP contribution in [-0.2, 0) is 15.9 Å². The fourth-order valence-electron chi connectivity index (χ4n) is 2.17. The lowest BCUT2D eigenvalue weighted by Crippen LogP contribution is -2.38. The predicted octanol–water partition coefficient (Wildman–Crippen LogP) is 1.85. The minimum atomic E-state index is 0.635. The predicted molar refractivity (Wildman–Crippen MR) is 98.0 cm³/mol. The molecule has 6 heteroatoms. The van der Waals surface area contributed by atoms with Crippen molar-refractivity contribution in [1.29, 1.82) is 0 Å². The van der Waals surface area contributed by atoms with Crippen LogP contribution in [0.1, 0.15) is 18.9 Å². The maximum atomic E-state index is 5.43. The Labute approximate surface area is 145 Å². The lowest BCUT2D eigenvalue weighted by molar-refractivity contribution is 0.0702. The second-order valence-corrected chi connectivity index (χ2v) is 5.21. The largest absolute Gasteiger partial charge is 0.496 e. The van der Waals surface area contributed by atoms with Gasteiger partial charge in [0.25, 0.3) is 0 Å². The van der Waals surface area contributed by atoms with Crippen molar-refractivity contribution >= 4 is 5.96 Å². The van der Waals surface area contributed by atoms with Crippen LogP contribution in [0.3, 0.4) is 0 Å². The summed E-state index contributed by atoms with van der Waals surface area (Å²) >= 11 is 0. The molecule has 0 fully saturated rings. The van der Waals surface area contributed by atoms with Crippen molar-refractivity contribution in [3.8, 4) is 5.75 Å². The molecular weight excluding hydrogens is 306 g/mol. The van der Waals surface area contributed by atoms with E-state index in [-0.39, 0.29) is 0 Å². The number of hydrogen-bond donors (Lipinski definition) is 2. The minimum Gasteiger partial charge on any atom is -0.496 e. The Morgan fingerprint density at radius 3 is 2.67 bits per heavy atom. The quantitative estimate of drug-likeness (QED) is 0.346. The Balaban J connectivity index is 2.30. The second-order valence-electron chi connectivity index (χ2n) is 5.21. The van der Waals surface area contributed by atoms with Gasteiger partial charge in [-0.1, -0.05) is 18.2 Å². The van der Waals surface area contributed by atoms with Crippen LogP contribution in [0.4, 0.5) is 0 Å². The zero-order valence-corrected chi connectivity index (χ0v) is 15.1. The van der Waals surface area contributed by atoms with Gasteiger partial charge in [-0.15, -0.1) is 0 Å². The van der Waals surface area contributed by atoms with E-state index < -0.39 is 0 Å². The molecule has 0 radical (unpaired) electrons. The summed E-state index contributed by atoms with van der Waals surface area (Å²) in [6.07, 6.45) is 1.78. The molecule has 0 amide bonds. The number of benzene rings is 1. The third-order valence-electron chi connectivity index (χ3n) is 3.37. The van der Waals surface area contributed by atoms with E-state index >= 15 is 0 Å². The van der Waals surface area contributed by atoms with E-state index in [4.69, 9.17) is 14.2 Å². The van der Waals surface area contributed by atoms with Gasteiger partial charge >= 0.3 is 0 Å². The number of methoxy groups -OCH3 is 2. The monoisotopic (exact) mass is 337 g/mol. The number of hydrogen-bond acceptors (Lipinski definition) is 4. The van der Waals surface area contributed by atoms with Crippen molar-refractivity contribution < 1.29 is 14.2 Å². The second kappa shape index (κ2) is 13.6. The molecule has 1 aromatic rings. The Bertz CT molecular complexity index is 467. The van der Waals surface area contributed by atoms with E-state index in [0.29, 0.717) is 19.8 Å². The third kappa shape index (κ3) is 8.74. The first-order chi connectivity index (χ1) is 11.8. The summed E-state index contributed by atoms with van der Waals surface area (Å²) < 4.78 is 15.7. The number of rotatable bonds is 12. The van der Waals surface area contributed by atoms with E-state index in [1.165, 1.54) is 5.56 Å². The Hall–Kier alpha value is -1.79. The van der Waals surface area contributed by atoms with Gasteiger partial charge in [0.1, 0.15) is 5.75 Å². The molecule has 0 aromatic heterocycles. The van der Waals surface area contributed by atoms with Crippen molar-refractivity contribution in [2.45, 2.75) is 19.8 Å². The summed E-state index contributed by atoms with van der Waals surface area (Å²) in [5.41, 5.74) is 1.19. The summed E-state index contributed by atoms with van der Waals surface area (Å²) in [5.74, 6) is 1.76. The molecule has 1 rings (SSSR count). The van der Waals surface area contributed by atoms with Crippen LogP contribution in [0.5, 0.6) is 5.75 Å². The van der Waals surface area contributed by atoms with Gasteiger partial charge in [-0.2, -0.15) is 0 Å². The first-order valence-corrected chi connectivity index (χ1v) is 8.52. The fraction of sp³-hybridized carbons (Fsp3) is 0.611. The van der Waals surface area contributed by atoms with Gasteiger partial charge in [-0.05, 0) is 31.4 Å². The number of ether oxygens (including phenoxy) is 3. The van der Waals surface area contributed by atoms with Crippen molar-refractivity contribution in [1.82, 2.24) is 10.6 Å². The average Bonchev–Trinajstić information content (AvgIpc) is 2.61. The number of nitrogens with zero attached hydrogens (tertiary/aromatic N) is 1. The van der Waals surface area contributed by atoms with Crippen LogP contribution in [-0.4, -0.2) is 59.6 Å². The summed E-state index contributed by atoms with van der Waals surface area (Å²) in [6.45, 7) is 6.41. The SMILES string of the molecule is CCNC(=NCCCOCCOC)NCCc1ccccc1OC. The van der Waals surface area contributed by atoms with Crippen LogP contribution in [0.25, 0.3) is 0 Å². The molecular formula is C18H31N3O3. The summed E-state index contributed by atoms with van der Waals surface area (Å²) in [6, 6.07) is 8.08. The lowest BCUT2D eigenvalue weighted by atomic mass is 10.1. The van der Waals surface area contributed by atoms with E-state index in [1.54, 1.807) is 14.2 Å². The third-order valence-corrected chi connectivity index (χ3v) is 3.37. The molecule has 1 aromatic carbocycles. The van der Waals surface area contributed by atoms with E-state index in [9.17, 15) is 0 Å². The topological polar surface area (TPSA) is 64.1 Å². The smallest absolute Gasteiger partial charge is 0.191 e. The molecule has 2 N–H and O–H groups in total. The van der Waals surface area contributed by atoms with Crippen molar-refractivity contribution in [2.75, 3.05) is 53.7 Å². The average molecular weight is 337 g/mol. The standard InChI is InChI=1S/C18H31N3O3/c1-4-19-18(20-11-7-13-24-15-14-22-2)21-12-10-16-8-5-6-9-17(16)23-3/h5-6,8-9H,4,7,10-15H2,1-3H3,(H2,19,20,21). The molecule has 0 spiro atoms. The van der Waals surface area contributed by atoms with Gasteiger partial charge in [0.05, 0.1) is 20.3 Å². The number of para-hydroxylation sites is 1. The molecule has 24 heavy (non-hydrogen) atoms. The van der Waals surface area contributed by atoms with Gasteiger partial charge in [0, 0.05) is 33.4 Å². The van der Waals surface area contributed by atoms with Gasteiger partial charge in [0.15, 0.2) is 5.96 Å². The summed E-state index contributed by atoms with van der Waals surface area (Å²) in [7, 11) is 3.37. The van der Waals surface area contributed by atoms with Gasteiger partial charge in [-0.3, -0.25) is 4.99 Å².